The van der Waals surface area contributed by atoms with E-state index in [0.29, 0.717) is 0 Å². The molecule has 0 spiro atoms. The van der Waals surface area contributed by atoms with Gasteiger partial charge in [0.05, 0.1) is 0 Å². The van der Waals surface area contributed by atoms with Crippen molar-refractivity contribution in [3.8, 4) is 0 Å². The van der Waals surface area contributed by atoms with Gasteiger partial charge in [-0.1, -0.05) is 0 Å². The van der Waals surface area contributed by atoms with Crippen molar-refractivity contribution in [2.24, 2.45) is 0 Å². The predicted molar refractivity (Wildman–Crippen MR) is 62.6 cm³/mol. The Morgan fingerprint density at radius 1 is 0.375 bits per heavy atom. The van der Waals surface area contributed by atoms with Crippen LogP contribution in [0.15, 0.2) is 0 Å². The summed E-state index contributed by atoms with van der Waals surface area (Å²) < 4.78 is 235. The van der Waals surface area contributed by atoms with Gasteiger partial charge in [-0.2, -0.15) is 0 Å². The molecule has 0 N–H and O–H groups in total. The Morgan fingerprint density at radius 2 is 0.500 bits per heavy atom. The average Bonchev–Trinajstić information content (AvgIpc) is 2.41. The molecule has 0 aromatic heterocycles. The minimum atomic E-state index is -8.39. The summed E-state index contributed by atoms with van der Waals surface area (Å²) in [7, 11) is 0. The van der Waals surface area contributed by atoms with E-state index in [-0.39, 0.29) is 0 Å². The van der Waals surface area contributed by atoms with E-state index in [4.69, 9.17) is 0 Å². The predicted octanol–water partition coefficient (Wildman–Crippen LogP) is 6.08. The second kappa shape index (κ2) is 9.23. The Bertz CT molecular complexity index is 484. The number of hydrogen-bond donors (Lipinski definition) is 0. The van der Waals surface area contributed by atoms with Crippen molar-refractivity contribution in [2.75, 3.05) is 0 Å². The molecule has 0 aliphatic rings. The summed E-state index contributed by atoms with van der Waals surface area (Å²) in [6, 6.07) is 0. The summed E-state index contributed by atoms with van der Waals surface area (Å²) in [6.45, 7) is 0. The molecular formula is C10H6F18O3Sn. The minimum absolute atomic E-state index is 0.797. The van der Waals surface area contributed by atoms with E-state index in [1.807, 2.05) is 0 Å². The van der Waals surface area contributed by atoms with Gasteiger partial charge in [0.25, 0.3) is 0 Å². The van der Waals surface area contributed by atoms with Crippen LogP contribution in [0.2, 0.25) is 4.94 Å². The number of hydrogen-bond acceptors (Lipinski definition) is 3. The number of halogens is 18. The van der Waals surface area contributed by atoms with Crippen molar-refractivity contribution in [2.45, 2.75) is 60.3 Å². The van der Waals surface area contributed by atoms with Crippen LogP contribution in [0.25, 0.3) is 0 Å². The van der Waals surface area contributed by atoms with Crippen molar-refractivity contribution in [3.05, 3.63) is 0 Å². The molecule has 0 aromatic rings. The van der Waals surface area contributed by atoms with E-state index >= 15 is 0 Å². The van der Waals surface area contributed by atoms with Crippen LogP contribution in [0.5, 0.6) is 0 Å². The third-order valence-corrected chi connectivity index (χ3v) is 8.46. The zero-order chi connectivity index (χ0) is 26.4. The molecule has 0 rings (SSSR count). The fourth-order valence-electron chi connectivity index (χ4n) is 1.68. The SMILES string of the molecule is [CH3][Sn]([O]C(C(F)(F)F)C(F)(F)F)([O]C(C(F)(F)F)C(F)(F)F)[O]C(C(F)(F)F)C(F)(F)F. The van der Waals surface area contributed by atoms with Gasteiger partial charge >= 0.3 is 168 Å². The van der Waals surface area contributed by atoms with Crippen LogP contribution >= 0.6 is 0 Å². The first-order valence-corrected chi connectivity index (χ1v) is 13.3. The summed E-state index contributed by atoms with van der Waals surface area (Å²) >= 11 is -8.39. The molecule has 0 aliphatic carbocycles. The third-order valence-electron chi connectivity index (χ3n) is 2.78. The van der Waals surface area contributed by atoms with Crippen LogP contribution in [0.3, 0.4) is 0 Å². The van der Waals surface area contributed by atoms with E-state index in [1.54, 1.807) is 0 Å². The Kier molecular flexibility index (Phi) is 9.06. The van der Waals surface area contributed by atoms with Gasteiger partial charge in [0.2, 0.25) is 0 Å². The van der Waals surface area contributed by atoms with Crippen molar-refractivity contribution in [3.63, 3.8) is 0 Å². The molecule has 0 saturated carbocycles. The Hall–Kier alpha value is -0.581. The zero-order valence-electron chi connectivity index (χ0n) is 14.3. The molecule has 22 heteroatoms. The molecule has 0 fully saturated rings. The zero-order valence-corrected chi connectivity index (χ0v) is 17.1. The molecule has 0 unspecified atom stereocenters. The second-order valence-electron chi connectivity index (χ2n) is 5.61. The Balaban J connectivity index is 6.68. The quantitative estimate of drug-likeness (QED) is 0.262. The molecule has 0 aromatic carbocycles. The van der Waals surface area contributed by atoms with Crippen LogP contribution < -0.4 is 0 Å². The van der Waals surface area contributed by atoms with Crippen LogP contribution in [0.1, 0.15) is 0 Å². The molecule has 194 valence electrons. The van der Waals surface area contributed by atoms with E-state index in [2.05, 4.69) is 9.22 Å². The monoisotopic (exact) mass is 636 g/mol. The van der Waals surface area contributed by atoms with Crippen LogP contribution in [0, 0.1) is 0 Å². The fourth-order valence-corrected chi connectivity index (χ4v) is 8.11. The van der Waals surface area contributed by atoms with Gasteiger partial charge in [0, 0.05) is 0 Å². The van der Waals surface area contributed by atoms with Gasteiger partial charge in [-0.3, -0.25) is 0 Å². The van der Waals surface area contributed by atoms with Crippen molar-refractivity contribution in [1.29, 1.82) is 0 Å². The van der Waals surface area contributed by atoms with E-state index in [9.17, 15) is 79.0 Å². The van der Waals surface area contributed by atoms with E-state index in [0.717, 1.165) is 0 Å². The Morgan fingerprint density at radius 3 is 0.594 bits per heavy atom. The molecule has 0 radical (unpaired) electrons. The molecule has 32 heavy (non-hydrogen) atoms. The summed E-state index contributed by atoms with van der Waals surface area (Å²) in [5.41, 5.74) is 0. The molecular weight excluding hydrogens is 629 g/mol. The summed E-state index contributed by atoms with van der Waals surface area (Å²) in [5, 5.41) is 0. The second-order valence-corrected chi connectivity index (χ2v) is 12.5. The van der Waals surface area contributed by atoms with Gasteiger partial charge < -0.3 is 0 Å². The first-order chi connectivity index (χ1) is 13.5. The summed E-state index contributed by atoms with van der Waals surface area (Å²) in [6.07, 6.45) is -57.0. The summed E-state index contributed by atoms with van der Waals surface area (Å²) in [5.74, 6) is 0. The molecule has 0 heterocycles. The van der Waals surface area contributed by atoms with Gasteiger partial charge in [0.1, 0.15) is 0 Å². The van der Waals surface area contributed by atoms with Crippen molar-refractivity contribution < 1.29 is 88.2 Å². The van der Waals surface area contributed by atoms with Gasteiger partial charge in [-0.05, 0) is 0 Å². The van der Waals surface area contributed by atoms with Crippen molar-refractivity contribution in [1.82, 2.24) is 0 Å². The van der Waals surface area contributed by atoms with Gasteiger partial charge in [0.15, 0.2) is 0 Å². The van der Waals surface area contributed by atoms with E-state index < -0.39 is 79.9 Å². The van der Waals surface area contributed by atoms with Crippen LogP contribution in [-0.4, -0.2) is 75.0 Å². The van der Waals surface area contributed by atoms with Crippen LogP contribution in [0.4, 0.5) is 79.0 Å². The fraction of sp³-hybridized carbons (Fsp3) is 1.00. The normalized spacial score (nSPS) is 15.9. The molecule has 0 amide bonds. The molecule has 0 saturated heterocycles. The number of alkyl halides is 18. The third kappa shape index (κ3) is 9.35. The van der Waals surface area contributed by atoms with Gasteiger partial charge in [-0.15, -0.1) is 0 Å². The average molecular weight is 635 g/mol. The van der Waals surface area contributed by atoms with Crippen LogP contribution in [-0.2, 0) is 9.22 Å². The molecule has 3 nitrogen and oxygen atoms in total. The summed E-state index contributed by atoms with van der Waals surface area (Å²) in [4.78, 5) is -0.797. The molecule has 0 aliphatic heterocycles. The topological polar surface area (TPSA) is 27.7 Å². The molecule has 0 bridgehead atoms. The maximum atomic E-state index is 12.5. The maximum absolute atomic E-state index is 12.5. The first-order valence-electron chi connectivity index (χ1n) is 6.95. The first kappa shape index (κ1) is 31.4. The van der Waals surface area contributed by atoms with Crippen molar-refractivity contribution >= 4 is 19.6 Å². The standard InChI is InChI=1S/3C3HF6O.CH3.Sn/c3*4-2(5,6)1(10)3(7,8)9;;/h3*1H;1H3;/q3*-1;;+3. The van der Waals surface area contributed by atoms with Gasteiger partial charge in [-0.25, -0.2) is 0 Å². The Labute approximate surface area is 169 Å². The van der Waals surface area contributed by atoms with E-state index in [1.165, 1.54) is 0 Å². The number of rotatable bonds is 6. The molecule has 0 atom stereocenters.